The number of carbonyl (C=O) groups excluding carboxylic acids is 2. The molecule has 1 saturated carbocycles. The average Bonchev–Trinajstić information content (AvgIpc) is 2.82. The Labute approximate surface area is 197 Å². The normalized spacial score (nSPS) is 14.9. The smallest absolute Gasteiger partial charge is 0.261 e. The Hall–Kier alpha value is -3.02. The summed E-state index contributed by atoms with van der Waals surface area (Å²) in [5.41, 5.74) is 3.01. The van der Waals surface area contributed by atoms with Crippen molar-refractivity contribution in [2.75, 3.05) is 13.7 Å². The van der Waals surface area contributed by atoms with Crippen LogP contribution < -0.4 is 14.8 Å². The van der Waals surface area contributed by atoms with Crippen molar-refractivity contribution < 1.29 is 19.1 Å². The van der Waals surface area contributed by atoms with Crippen LogP contribution in [0.1, 0.15) is 55.7 Å². The molecule has 2 aromatic carbocycles. The SMILES string of the molecule is COc1cccc(CN(C(=O)COc2ccc(C)cc2C)C(C)C(=O)NC2CCCCC2)c1. The Kier molecular flexibility index (Phi) is 8.75. The van der Waals surface area contributed by atoms with Gasteiger partial charge in [0.15, 0.2) is 6.61 Å². The molecule has 0 radical (unpaired) electrons. The lowest BCUT2D eigenvalue weighted by molar-refractivity contribution is -0.142. The van der Waals surface area contributed by atoms with Gasteiger partial charge < -0.3 is 19.7 Å². The molecule has 1 N–H and O–H groups in total. The monoisotopic (exact) mass is 452 g/mol. The summed E-state index contributed by atoms with van der Waals surface area (Å²) in [5.74, 6) is 1.04. The Bertz CT molecular complexity index is 953. The highest BCUT2D eigenvalue weighted by Crippen LogP contribution is 2.21. The molecule has 1 aliphatic rings. The van der Waals surface area contributed by atoms with Crippen LogP contribution in [0.3, 0.4) is 0 Å². The molecule has 6 heteroatoms. The van der Waals surface area contributed by atoms with E-state index in [1.54, 1.807) is 18.9 Å². The van der Waals surface area contributed by atoms with Crippen LogP contribution in [0.15, 0.2) is 42.5 Å². The molecule has 0 spiro atoms. The molecule has 0 aromatic heterocycles. The first-order valence-corrected chi connectivity index (χ1v) is 11.8. The van der Waals surface area contributed by atoms with E-state index in [0.717, 1.165) is 42.4 Å². The maximum atomic E-state index is 13.3. The van der Waals surface area contributed by atoms with Crippen LogP contribution >= 0.6 is 0 Å². The zero-order valence-electron chi connectivity index (χ0n) is 20.2. The van der Waals surface area contributed by atoms with E-state index in [-0.39, 0.29) is 24.5 Å². The first kappa shape index (κ1) is 24.6. The van der Waals surface area contributed by atoms with Gasteiger partial charge in [0.2, 0.25) is 5.91 Å². The van der Waals surface area contributed by atoms with Crippen molar-refractivity contribution in [3.05, 3.63) is 59.2 Å². The third-order valence-electron chi connectivity index (χ3n) is 6.29. The number of amides is 2. The van der Waals surface area contributed by atoms with Crippen molar-refractivity contribution in [2.45, 2.75) is 71.5 Å². The van der Waals surface area contributed by atoms with Crippen molar-refractivity contribution in [2.24, 2.45) is 0 Å². The highest BCUT2D eigenvalue weighted by atomic mass is 16.5. The van der Waals surface area contributed by atoms with Crippen molar-refractivity contribution in [3.63, 3.8) is 0 Å². The van der Waals surface area contributed by atoms with E-state index in [0.29, 0.717) is 18.0 Å². The third-order valence-corrected chi connectivity index (χ3v) is 6.29. The van der Waals surface area contributed by atoms with Crippen LogP contribution in [0.25, 0.3) is 0 Å². The van der Waals surface area contributed by atoms with E-state index in [2.05, 4.69) is 5.32 Å². The molecular weight excluding hydrogens is 416 g/mol. The molecule has 3 rings (SSSR count). The molecule has 1 unspecified atom stereocenters. The summed E-state index contributed by atoms with van der Waals surface area (Å²) in [5, 5.41) is 3.15. The number of ether oxygens (including phenoxy) is 2. The second-order valence-electron chi connectivity index (χ2n) is 8.95. The first-order valence-electron chi connectivity index (χ1n) is 11.8. The number of nitrogens with zero attached hydrogens (tertiary/aromatic N) is 1. The second-order valence-corrected chi connectivity index (χ2v) is 8.95. The number of hydrogen-bond donors (Lipinski definition) is 1. The third kappa shape index (κ3) is 6.98. The Morgan fingerprint density at radius 2 is 1.85 bits per heavy atom. The lowest BCUT2D eigenvalue weighted by Crippen LogP contribution is -2.51. The zero-order valence-corrected chi connectivity index (χ0v) is 20.2. The number of carbonyl (C=O) groups is 2. The highest BCUT2D eigenvalue weighted by Gasteiger charge is 2.28. The van der Waals surface area contributed by atoms with Gasteiger partial charge in [-0.1, -0.05) is 49.1 Å². The molecule has 0 heterocycles. The molecular formula is C27H36N2O4. The summed E-state index contributed by atoms with van der Waals surface area (Å²) in [6, 6.07) is 13.0. The summed E-state index contributed by atoms with van der Waals surface area (Å²) in [4.78, 5) is 27.9. The molecule has 33 heavy (non-hydrogen) atoms. The summed E-state index contributed by atoms with van der Waals surface area (Å²) in [6.07, 6.45) is 5.49. The van der Waals surface area contributed by atoms with Crippen molar-refractivity contribution >= 4 is 11.8 Å². The van der Waals surface area contributed by atoms with E-state index < -0.39 is 6.04 Å². The second kappa shape index (κ2) is 11.7. The van der Waals surface area contributed by atoms with Gasteiger partial charge in [-0.2, -0.15) is 0 Å². The Morgan fingerprint density at radius 1 is 1.09 bits per heavy atom. The van der Waals surface area contributed by atoms with Crippen LogP contribution in [0.5, 0.6) is 11.5 Å². The van der Waals surface area contributed by atoms with E-state index in [1.165, 1.54) is 6.42 Å². The number of aryl methyl sites for hydroxylation is 2. The quantitative estimate of drug-likeness (QED) is 0.606. The van der Waals surface area contributed by atoms with Gasteiger partial charge in [0.05, 0.1) is 7.11 Å². The fourth-order valence-electron chi connectivity index (χ4n) is 4.30. The maximum Gasteiger partial charge on any atom is 0.261 e. The topological polar surface area (TPSA) is 67.9 Å². The van der Waals surface area contributed by atoms with Gasteiger partial charge in [-0.25, -0.2) is 0 Å². The number of benzene rings is 2. The fourth-order valence-corrected chi connectivity index (χ4v) is 4.30. The highest BCUT2D eigenvalue weighted by molar-refractivity contribution is 5.88. The van der Waals surface area contributed by atoms with Crippen LogP contribution in [-0.4, -0.2) is 42.5 Å². The van der Waals surface area contributed by atoms with Crippen LogP contribution in [0.2, 0.25) is 0 Å². The van der Waals surface area contributed by atoms with Gasteiger partial charge in [-0.05, 0) is 62.9 Å². The van der Waals surface area contributed by atoms with E-state index in [1.807, 2.05) is 56.3 Å². The first-order chi connectivity index (χ1) is 15.9. The largest absolute Gasteiger partial charge is 0.497 e. The van der Waals surface area contributed by atoms with E-state index >= 15 is 0 Å². The summed E-state index contributed by atoms with van der Waals surface area (Å²) in [6.45, 7) is 5.93. The van der Waals surface area contributed by atoms with Gasteiger partial charge in [-0.3, -0.25) is 9.59 Å². The lowest BCUT2D eigenvalue weighted by atomic mass is 9.95. The lowest BCUT2D eigenvalue weighted by Gasteiger charge is -2.31. The van der Waals surface area contributed by atoms with Crippen LogP contribution in [0.4, 0.5) is 0 Å². The van der Waals surface area contributed by atoms with Gasteiger partial charge >= 0.3 is 0 Å². The average molecular weight is 453 g/mol. The van der Waals surface area contributed by atoms with E-state index in [4.69, 9.17) is 9.47 Å². The van der Waals surface area contributed by atoms with Crippen molar-refractivity contribution in [3.8, 4) is 11.5 Å². The number of hydrogen-bond acceptors (Lipinski definition) is 4. The molecule has 1 aliphatic carbocycles. The molecule has 6 nitrogen and oxygen atoms in total. The minimum absolute atomic E-state index is 0.121. The van der Waals surface area contributed by atoms with E-state index in [9.17, 15) is 9.59 Å². The van der Waals surface area contributed by atoms with Gasteiger partial charge in [0, 0.05) is 12.6 Å². The number of nitrogens with one attached hydrogen (secondary N) is 1. The molecule has 2 amide bonds. The Morgan fingerprint density at radius 3 is 2.55 bits per heavy atom. The van der Waals surface area contributed by atoms with Crippen molar-refractivity contribution in [1.82, 2.24) is 10.2 Å². The predicted molar refractivity (Wildman–Crippen MR) is 129 cm³/mol. The summed E-state index contributed by atoms with van der Waals surface area (Å²) >= 11 is 0. The molecule has 1 atom stereocenters. The predicted octanol–water partition coefficient (Wildman–Crippen LogP) is 4.56. The molecule has 2 aromatic rings. The molecule has 0 aliphatic heterocycles. The fraction of sp³-hybridized carbons (Fsp3) is 0.481. The standard InChI is InChI=1S/C27H36N2O4/c1-19-13-14-25(20(2)15-19)33-18-26(30)29(17-22-9-8-12-24(16-22)32-4)21(3)27(31)28-23-10-6-5-7-11-23/h8-9,12-16,21,23H,5-7,10-11,17-18H2,1-4H3,(H,28,31). The summed E-state index contributed by atoms with van der Waals surface area (Å²) in [7, 11) is 1.61. The Balaban J connectivity index is 1.74. The number of rotatable bonds is 9. The van der Waals surface area contributed by atoms with Crippen LogP contribution in [0, 0.1) is 13.8 Å². The minimum Gasteiger partial charge on any atom is -0.497 e. The molecule has 178 valence electrons. The van der Waals surface area contributed by atoms with Crippen LogP contribution in [-0.2, 0) is 16.1 Å². The van der Waals surface area contributed by atoms with Gasteiger partial charge in [-0.15, -0.1) is 0 Å². The number of methoxy groups -OCH3 is 1. The van der Waals surface area contributed by atoms with Gasteiger partial charge in [0.25, 0.3) is 5.91 Å². The maximum absolute atomic E-state index is 13.3. The molecule has 0 bridgehead atoms. The molecule has 1 fully saturated rings. The van der Waals surface area contributed by atoms with Crippen molar-refractivity contribution in [1.29, 1.82) is 0 Å². The van der Waals surface area contributed by atoms with Gasteiger partial charge in [0.1, 0.15) is 17.5 Å². The zero-order chi connectivity index (χ0) is 23.8. The summed E-state index contributed by atoms with van der Waals surface area (Å²) < 4.78 is 11.2. The molecule has 0 saturated heterocycles. The minimum atomic E-state index is -0.617.